The van der Waals surface area contributed by atoms with Crippen LogP contribution < -0.4 is 5.32 Å². The normalized spacial score (nSPS) is 21.6. The number of nitrogens with one attached hydrogen (secondary N) is 1. The lowest BCUT2D eigenvalue weighted by atomic mass is 10.0. The zero-order valence-corrected chi connectivity index (χ0v) is 10.2. The Bertz CT molecular complexity index is 455. The highest BCUT2D eigenvalue weighted by atomic mass is 16.5. The van der Waals surface area contributed by atoms with Crippen LogP contribution in [0.1, 0.15) is 18.4 Å². The first-order chi connectivity index (χ1) is 8.74. The molecule has 3 rings (SSSR count). The molecule has 0 unspecified atom stereocenters. The Morgan fingerprint density at radius 3 is 2.72 bits per heavy atom. The number of hydrogen-bond donors (Lipinski definition) is 2. The first kappa shape index (κ1) is 11.5. The van der Waals surface area contributed by atoms with Crippen LogP contribution in [-0.2, 0) is 6.54 Å². The Morgan fingerprint density at radius 2 is 1.94 bits per heavy atom. The molecule has 2 N–H and O–H groups in total. The Labute approximate surface area is 106 Å². The number of nitrogens with zero attached hydrogens (tertiary/aromatic N) is 2. The minimum atomic E-state index is -0.0231. The zero-order chi connectivity index (χ0) is 12.5. The standard InChI is InChI=1S/C13H17N3O2/c17-13-14-12-4-2-1-3-10(12)9-16(13)11-5-7-15(18)8-6-11/h1-4,11,18H,5-9H2,(H,14,17). The average Bonchev–Trinajstić information content (AvgIpc) is 2.39. The second-order valence-electron chi connectivity index (χ2n) is 4.90. The second-order valence-corrected chi connectivity index (χ2v) is 4.90. The molecule has 2 heterocycles. The van der Waals surface area contributed by atoms with E-state index in [1.165, 1.54) is 5.06 Å². The van der Waals surface area contributed by atoms with Crippen molar-refractivity contribution in [2.24, 2.45) is 0 Å². The van der Waals surface area contributed by atoms with Crippen LogP contribution in [0.25, 0.3) is 0 Å². The van der Waals surface area contributed by atoms with Gasteiger partial charge in [-0.15, -0.1) is 0 Å². The lowest BCUT2D eigenvalue weighted by molar-refractivity contribution is -0.113. The summed E-state index contributed by atoms with van der Waals surface area (Å²) in [6.45, 7) is 1.93. The molecule has 0 spiro atoms. The van der Waals surface area contributed by atoms with Crippen LogP contribution in [0.3, 0.4) is 0 Å². The van der Waals surface area contributed by atoms with Crippen LogP contribution in [0, 0.1) is 0 Å². The molecule has 0 bridgehead atoms. The number of carbonyl (C=O) groups is 1. The number of piperidine rings is 1. The third kappa shape index (κ3) is 2.07. The van der Waals surface area contributed by atoms with E-state index >= 15 is 0 Å². The zero-order valence-electron chi connectivity index (χ0n) is 10.2. The molecule has 5 heteroatoms. The van der Waals surface area contributed by atoms with Crippen molar-refractivity contribution in [1.29, 1.82) is 0 Å². The van der Waals surface area contributed by atoms with Gasteiger partial charge in [-0.2, -0.15) is 5.06 Å². The molecular weight excluding hydrogens is 230 g/mol. The van der Waals surface area contributed by atoms with E-state index < -0.39 is 0 Å². The number of para-hydroxylation sites is 1. The number of carbonyl (C=O) groups excluding carboxylic acids is 1. The maximum atomic E-state index is 12.1. The molecule has 2 aliphatic heterocycles. The summed E-state index contributed by atoms with van der Waals surface area (Å²) in [5, 5.41) is 13.6. The lowest BCUT2D eigenvalue weighted by Gasteiger charge is -2.39. The smallest absolute Gasteiger partial charge is 0.317 e. The molecule has 0 radical (unpaired) electrons. The topological polar surface area (TPSA) is 55.8 Å². The Hall–Kier alpha value is -1.59. The molecule has 96 valence electrons. The third-order valence-electron chi connectivity index (χ3n) is 3.74. The molecule has 1 saturated heterocycles. The largest absolute Gasteiger partial charge is 0.322 e. The summed E-state index contributed by atoms with van der Waals surface area (Å²) in [5.41, 5.74) is 2.07. The van der Waals surface area contributed by atoms with Gasteiger partial charge in [0.15, 0.2) is 0 Å². The fraction of sp³-hybridized carbons (Fsp3) is 0.462. The van der Waals surface area contributed by atoms with Gasteiger partial charge in [0, 0.05) is 31.4 Å². The summed E-state index contributed by atoms with van der Waals surface area (Å²) >= 11 is 0. The van der Waals surface area contributed by atoms with E-state index in [2.05, 4.69) is 5.32 Å². The number of rotatable bonds is 1. The highest BCUT2D eigenvalue weighted by Crippen LogP contribution is 2.27. The Balaban J connectivity index is 1.76. The van der Waals surface area contributed by atoms with E-state index in [0.717, 1.165) is 24.1 Å². The van der Waals surface area contributed by atoms with Crippen LogP contribution in [-0.4, -0.2) is 40.3 Å². The predicted molar refractivity (Wildman–Crippen MR) is 67.4 cm³/mol. The fourth-order valence-electron chi connectivity index (χ4n) is 2.68. The summed E-state index contributed by atoms with van der Waals surface area (Å²) in [7, 11) is 0. The molecule has 5 nitrogen and oxygen atoms in total. The third-order valence-corrected chi connectivity index (χ3v) is 3.74. The molecule has 1 aromatic carbocycles. The fourth-order valence-corrected chi connectivity index (χ4v) is 2.68. The minimum absolute atomic E-state index is 0.0231. The average molecular weight is 247 g/mol. The van der Waals surface area contributed by atoms with Gasteiger partial charge in [-0.05, 0) is 24.5 Å². The van der Waals surface area contributed by atoms with Gasteiger partial charge < -0.3 is 15.4 Å². The van der Waals surface area contributed by atoms with Gasteiger partial charge in [-0.1, -0.05) is 18.2 Å². The van der Waals surface area contributed by atoms with Crippen molar-refractivity contribution in [3.63, 3.8) is 0 Å². The highest BCUT2D eigenvalue weighted by molar-refractivity contribution is 5.92. The van der Waals surface area contributed by atoms with E-state index in [-0.39, 0.29) is 12.1 Å². The summed E-state index contributed by atoms with van der Waals surface area (Å²) < 4.78 is 0. The van der Waals surface area contributed by atoms with Gasteiger partial charge >= 0.3 is 6.03 Å². The van der Waals surface area contributed by atoms with Crippen molar-refractivity contribution >= 4 is 11.7 Å². The maximum absolute atomic E-state index is 12.1. The highest BCUT2D eigenvalue weighted by Gasteiger charge is 2.30. The molecule has 1 fully saturated rings. The van der Waals surface area contributed by atoms with Gasteiger partial charge in [0.1, 0.15) is 0 Å². The van der Waals surface area contributed by atoms with Crippen molar-refractivity contribution in [1.82, 2.24) is 9.96 Å². The van der Waals surface area contributed by atoms with Crippen molar-refractivity contribution < 1.29 is 10.0 Å². The molecule has 0 atom stereocenters. The maximum Gasteiger partial charge on any atom is 0.322 e. The van der Waals surface area contributed by atoms with E-state index in [4.69, 9.17) is 0 Å². The van der Waals surface area contributed by atoms with Crippen LogP contribution in [0.4, 0.5) is 10.5 Å². The number of hydroxylamine groups is 2. The van der Waals surface area contributed by atoms with Gasteiger partial charge in [0.05, 0.1) is 0 Å². The Morgan fingerprint density at radius 1 is 1.22 bits per heavy atom. The number of benzene rings is 1. The monoisotopic (exact) mass is 247 g/mol. The van der Waals surface area contributed by atoms with Gasteiger partial charge in [0.2, 0.25) is 0 Å². The lowest BCUT2D eigenvalue weighted by Crippen LogP contribution is -2.49. The summed E-state index contributed by atoms with van der Waals surface area (Å²) in [6.07, 6.45) is 1.65. The van der Waals surface area contributed by atoms with Crippen LogP contribution in [0.15, 0.2) is 24.3 Å². The van der Waals surface area contributed by atoms with Crippen molar-refractivity contribution in [2.75, 3.05) is 18.4 Å². The number of hydrogen-bond acceptors (Lipinski definition) is 3. The van der Waals surface area contributed by atoms with Crippen molar-refractivity contribution in [3.8, 4) is 0 Å². The van der Waals surface area contributed by atoms with Crippen LogP contribution in [0.5, 0.6) is 0 Å². The molecule has 0 aromatic heterocycles. The van der Waals surface area contributed by atoms with Crippen LogP contribution >= 0.6 is 0 Å². The molecule has 0 saturated carbocycles. The van der Waals surface area contributed by atoms with E-state index in [0.29, 0.717) is 19.6 Å². The first-order valence-corrected chi connectivity index (χ1v) is 6.33. The minimum Gasteiger partial charge on any atom is -0.317 e. The quantitative estimate of drug-likeness (QED) is 0.796. The number of amides is 2. The molecular formula is C13H17N3O2. The number of urea groups is 1. The molecule has 1 aromatic rings. The number of fused-ring (bicyclic) bond motifs is 1. The molecule has 2 amide bonds. The van der Waals surface area contributed by atoms with Gasteiger partial charge in [-0.3, -0.25) is 0 Å². The SMILES string of the molecule is O=C1Nc2ccccc2CN1C1CCN(O)CC1. The van der Waals surface area contributed by atoms with E-state index in [1.807, 2.05) is 29.2 Å². The van der Waals surface area contributed by atoms with Gasteiger partial charge in [0.25, 0.3) is 0 Å². The Kier molecular flexibility index (Phi) is 2.93. The summed E-state index contributed by atoms with van der Waals surface area (Å²) in [4.78, 5) is 14.0. The molecule has 0 aliphatic carbocycles. The second kappa shape index (κ2) is 4.59. The first-order valence-electron chi connectivity index (χ1n) is 6.33. The van der Waals surface area contributed by atoms with Crippen molar-refractivity contribution in [3.05, 3.63) is 29.8 Å². The summed E-state index contributed by atoms with van der Waals surface area (Å²) in [6, 6.07) is 8.10. The van der Waals surface area contributed by atoms with Gasteiger partial charge in [-0.25, -0.2) is 4.79 Å². The van der Waals surface area contributed by atoms with E-state index in [9.17, 15) is 10.0 Å². The predicted octanol–water partition coefficient (Wildman–Crippen LogP) is 1.89. The molecule has 18 heavy (non-hydrogen) atoms. The number of anilines is 1. The van der Waals surface area contributed by atoms with Crippen molar-refractivity contribution in [2.45, 2.75) is 25.4 Å². The van der Waals surface area contributed by atoms with Crippen LogP contribution in [0.2, 0.25) is 0 Å². The van der Waals surface area contributed by atoms with E-state index in [1.54, 1.807) is 0 Å². The molecule has 2 aliphatic rings. The summed E-state index contributed by atoms with van der Waals surface area (Å²) in [5.74, 6) is 0.